The first-order valence-electron chi connectivity index (χ1n) is 11.3. The number of aromatic nitrogens is 1. The highest BCUT2D eigenvalue weighted by Gasteiger charge is 2.14. The molecule has 1 heterocycles. The van der Waals surface area contributed by atoms with E-state index in [0.717, 1.165) is 16.3 Å². The van der Waals surface area contributed by atoms with Gasteiger partial charge in [0.05, 0.1) is 6.10 Å². The molecule has 0 bridgehead atoms. The minimum atomic E-state index is -0.317. The Labute approximate surface area is 218 Å². The molecular formula is C28H22ClN3O3S. The fourth-order valence-corrected chi connectivity index (χ4v) is 4.32. The van der Waals surface area contributed by atoms with Crippen LogP contribution < -0.4 is 15.4 Å². The van der Waals surface area contributed by atoms with Gasteiger partial charge in [-0.05, 0) is 86.0 Å². The highest BCUT2D eigenvalue weighted by Crippen LogP contribution is 2.34. The molecule has 0 aliphatic heterocycles. The third-order valence-corrected chi connectivity index (χ3v) is 5.99. The number of carbonyl (C=O) groups is 1. The topological polar surface area (TPSA) is 76.4 Å². The van der Waals surface area contributed by atoms with Crippen LogP contribution in [0.3, 0.4) is 0 Å². The summed E-state index contributed by atoms with van der Waals surface area (Å²) in [6.07, 6.45) is 0.0603. The number of anilines is 1. The molecule has 0 atom stereocenters. The summed E-state index contributed by atoms with van der Waals surface area (Å²) in [5.41, 5.74) is 3.29. The molecule has 8 heteroatoms. The van der Waals surface area contributed by atoms with Crippen molar-refractivity contribution in [3.63, 3.8) is 0 Å². The molecule has 0 radical (unpaired) electrons. The Bertz CT molecular complexity index is 1600. The number of halogens is 1. The Kier molecular flexibility index (Phi) is 6.59. The van der Waals surface area contributed by atoms with E-state index in [1.807, 2.05) is 68.4 Å². The summed E-state index contributed by atoms with van der Waals surface area (Å²) in [7, 11) is 0. The van der Waals surface area contributed by atoms with Gasteiger partial charge in [0.1, 0.15) is 11.3 Å². The van der Waals surface area contributed by atoms with Crippen LogP contribution in [0.4, 0.5) is 5.69 Å². The zero-order valence-corrected chi connectivity index (χ0v) is 21.1. The molecule has 2 N–H and O–H groups in total. The predicted molar refractivity (Wildman–Crippen MR) is 148 cm³/mol. The van der Waals surface area contributed by atoms with Crippen molar-refractivity contribution in [3.8, 4) is 17.2 Å². The Morgan fingerprint density at radius 1 is 1.00 bits per heavy atom. The summed E-state index contributed by atoms with van der Waals surface area (Å²) in [6, 6.07) is 23.9. The molecule has 0 spiro atoms. The van der Waals surface area contributed by atoms with Crippen LogP contribution >= 0.6 is 23.8 Å². The summed E-state index contributed by atoms with van der Waals surface area (Å²) in [6.45, 7) is 3.89. The van der Waals surface area contributed by atoms with Crippen LogP contribution in [0.5, 0.6) is 5.75 Å². The van der Waals surface area contributed by atoms with Gasteiger partial charge in [0.15, 0.2) is 10.7 Å². The van der Waals surface area contributed by atoms with Gasteiger partial charge in [0.2, 0.25) is 5.89 Å². The molecule has 0 aliphatic rings. The molecule has 0 saturated heterocycles. The van der Waals surface area contributed by atoms with Gasteiger partial charge in [-0.15, -0.1) is 0 Å². The van der Waals surface area contributed by atoms with E-state index >= 15 is 0 Å². The summed E-state index contributed by atoms with van der Waals surface area (Å²) in [5.74, 6) is 0.882. The third kappa shape index (κ3) is 5.03. The standard InChI is InChI=1S/C28H22ClN3O3S/c1-16(2)34-19-12-9-17(10-13-19)26(33)32-28(36)30-18-11-14-25-24(15-18)31-27(35-25)22-7-3-6-21-20(22)5-4-8-23(21)29/h3-16H,1-2H3,(H2,30,32,33,36). The number of ether oxygens (including phenoxy) is 1. The van der Waals surface area contributed by atoms with Crippen molar-refractivity contribution in [3.05, 3.63) is 89.4 Å². The maximum absolute atomic E-state index is 12.6. The number of hydrogen-bond donors (Lipinski definition) is 2. The van der Waals surface area contributed by atoms with Crippen molar-refractivity contribution in [2.45, 2.75) is 20.0 Å². The minimum absolute atomic E-state index is 0.0603. The van der Waals surface area contributed by atoms with Gasteiger partial charge in [0.25, 0.3) is 5.91 Å². The van der Waals surface area contributed by atoms with Crippen molar-refractivity contribution >= 4 is 62.4 Å². The van der Waals surface area contributed by atoms with Gasteiger partial charge in [-0.3, -0.25) is 10.1 Å². The largest absolute Gasteiger partial charge is 0.491 e. The van der Waals surface area contributed by atoms with Crippen molar-refractivity contribution in [2.24, 2.45) is 0 Å². The Hall–Kier alpha value is -3.94. The van der Waals surface area contributed by atoms with E-state index in [2.05, 4.69) is 15.6 Å². The second-order valence-electron chi connectivity index (χ2n) is 8.44. The number of oxazole rings is 1. The van der Waals surface area contributed by atoms with Crippen LogP contribution in [0, 0.1) is 0 Å². The summed E-state index contributed by atoms with van der Waals surface area (Å²) >= 11 is 11.7. The molecule has 180 valence electrons. The molecule has 0 aliphatic carbocycles. The van der Waals surface area contributed by atoms with Crippen LogP contribution in [-0.4, -0.2) is 22.1 Å². The van der Waals surface area contributed by atoms with Crippen molar-refractivity contribution in [2.75, 3.05) is 5.32 Å². The number of benzene rings is 4. The first-order chi connectivity index (χ1) is 17.4. The van der Waals surface area contributed by atoms with Crippen LogP contribution in [0.15, 0.2) is 83.3 Å². The zero-order chi connectivity index (χ0) is 25.2. The monoisotopic (exact) mass is 515 g/mol. The number of hydrogen-bond acceptors (Lipinski definition) is 5. The van der Waals surface area contributed by atoms with Gasteiger partial charge in [0, 0.05) is 27.2 Å². The second kappa shape index (κ2) is 9.97. The molecule has 0 saturated carbocycles. The average molecular weight is 516 g/mol. The number of nitrogens with zero attached hydrogens (tertiary/aromatic N) is 1. The molecule has 1 aromatic heterocycles. The lowest BCUT2D eigenvalue weighted by molar-refractivity contribution is 0.0977. The van der Waals surface area contributed by atoms with Gasteiger partial charge in [-0.25, -0.2) is 4.98 Å². The SMILES string of the molecule is CC(C)Oc1ccc(C(=O)NC(=S)Nc2ccc3oc(-c4cccc5c(Cl)cccc45)nc3c2)cc1. The highest BCUT2D eigenvalue weighted by atomic mass is 35.5. The fourth-order valence-electron chi connectivity index (χ4n) is 3.87. The Morgan fingerprint density at radius 3 is 2.53 bits per heavy atom. The lowest BCUT2D eigenvalue weighted by atomic mass is 10.0. The lowest BCUT2D eigenvalue weighted by Crippen LogP contribution is -2.34. The molecule has 36 heavy (non-hydrogen) atoms. The normalized spacial score (nSPS) is 11.1. The smallest absolute Gasteiger partial charge is 0.257 e. The van der Waals surface area contributed by atoms with E-state index in [9.17, 15) is 4.79 Å². The predicted octanol–water partition coefficient (Wildman–Crippen LogP) is 7.22. The number of carbonyl (C=O) groups excluding carboxylic acids is 1. The lowest BCUT2D eigenvalue weighted by Gasteiger charge is -2.11. The molecule has 6 nitrogen and oxygen atoms in total. The molecule has 4 aromatic carbocycles. The maximum Gasteiger partial charge on any atom is 0.257 e. The number of thiocarbonyl (C=S) groups is 1. The Morgan fingerprint density at radius 2 is 1.75 bits per heavy atom. The minimum Gasteiger partial charge on any atom is -0.491 e. The molecule has 5 rings (SSSR count). The van der Waals surface area contributed by atoms with Crippen LogP contribution in [0.25, 0.3) is 33.3 Å². The van der Waals surface area contributed by atoms with Crippen molar-refractivity contribution < 1.29 is 13.9 Å². The van der Waals surface area contributed by atoms with Crippen LogP contribution in [-0.2, 0) is 0 Å². The first kappa shape index (κ1) is 23.8. The molecule has 0 unspecified atom stereocenters. The number of fused-ring (bicyclic) bond motifs is 2. The van der Waals surface area contributed by atoms with Crippen LogP contribution in [0.2, 0.25) is 5.02 Å². The summed E-state index contributed by atoms with van der Waals surface area (Å²) < 4.78 is 11.6. The quantitative estimate of drug-likeness (QED) is 0.241. The number of amides is 1. The molecular weight excluding hydrogens is 494 g/mol. The van der Waals surface area contributed by atoms with E-state index < -0.39 is 0 Å². The van der Waals surface area contributed by atoms with Gasteiger partial charge in [-0.1, -0.05) is 35.9 Å². The summed E-state index contributed by atoms with van der Waals surface area (Å²) in [4.78, 5) is 17.2. The number of rotatable bonds is 5. The van der Waals surface area contributed by atoms with E-state index in [1.54, 1.807) is 24.3 Å². The molecule has 0 fully saturated rings. The van der Waals surface area contributed by atoms with E-state index in [1.165, 1.54) is 0 Å². The van der Waals surface area contributed by atoms with Crippen molar-refractivity contribution in [1.82, 2.24) is 10.3 Å². The number of nitrogens with one attached hydrogen (secondary N) is 2. The fraction of sp³-hybridized carbons (Fsp3) is 0.107. The van der Waals surface area contributed by atoms with Gasteiger partial charge in [-0.2, -0.15) is 0 Å². The third-order valence-electron chi connectivity index (χ3n) is 5.46. The molecule has 5 aromatic rings. The maximum atomic E-state index is 12.6. The Balaban J connectivity index is 1.31. The van der Waals surface area contributed by atoms with Gasteiger partial charge >= 0.3 is 0 Å². The zero-order valence-electron chi connectivity index (χ0n) is 19.5. The molecule has 1 amide bonds. The van der Waals surface area contributed by atoms with E-state index in [0.29, 0.717) is 39.0 Å². The highest BCUT2D eigenvalue weighted by molar-refractivity contribution is 7.80. The second-order valence-corrected chi connectivity index (χ2v) is 9.26. The summed E-state index contributed by atoms with van der Waals surface area (Å²) in [5, 5.41) is 8.47. The van der Waals surface area contributed by atoms with Gasteiger partial charge < -0.3 is 14.5 Å². The average Bonchev–Trinajstić information content (AvgIpc) is 3.27. The first-order valence-corrected chi connectivity index (χ1v) is 12.1. The van der Waals surface area contributed by atoms with E-state index in [-0.39, 0.29) is 17.1 Å². The van der Waals surface area contributed by atoms with E-state index in [4.69, 9.17) is 33.0 Å². The van der Waals surface area contributed by atoms with Crippen molar-refractivity contribution in [1.29, 1.82) is 0 Å². The van der Waals surface area contributed by atoms with Crippen LogP contribution in [0.1, 0.15) is 24.2 Å².